The number of anilines is 1. The molecule has 1 fully saturated rings. The van der Waals surface area contributed by atoms with E-state index in [1.807, 2.05) is 60.4 Å². The first kappa shape index (κ1) is 17.0. The second-order valence-corrected chi connectivity index (χ2v) is 5.80. The number of rotatable bonds is 5. The Morgan fingerprint density at radius 3 is 2.60 bits per heavy atom. The van der Waals surface area contributed by atoms with Crippen molar-refractivity contribution in [3.8, 4) is 5.75 Å². The van der Waals surface area contributed by atoms with Gasteiger partial charge >= 0.3 is 0 Å². The summed E-state index contributed by atoms with van der Waals surface area (Å²) in [5.74, 6) is 1.80. The fourth-order valence-corrected chi connectivity index (χ4v) is 2.87. The summed E-state index contributed by atoms with van der Waals surface area (Å²) in [6.45, 7) is 5.55. The highest BCUT2D eigenvalue weighted by Gasteiger charge is 2.20. The van der Waals surface area contributed by atoms with E-state index in [0.29, 0.717) is 19.7 Å². The molecule has 1 amide bonds. The molecule has 0 bridgehead atoms. The van der Waals surface area contributed by atoms with Gasteiger partial charge in [-0.1, -0.05) is 24.3 Å². The molecular weight excluding hydrogens is 314 g/mol. The lowest BCUT2D eigenvalue weighted by molar-refractivity contribution is -0.126. The molecule has 0 aliphatic carbocycles. The van der Waals surface area contributed by atoms with E-state index in [4.69, 9.17) is 4.74 Å². The van der Waals surface area contributed by atoms with Gasteiger partial charge in [0.1, 0.15) is 11.6 Å². The van der Waals surface area contributed by atoms with Gasteiger partial charge in [-0.05, 0) is 31.2 Å². The highest BCUT2D eigenvalue weighted by molar-refractivity contribution is 5.92. The van der Waals surface area contributed by atoms with Crippen LogP contribution in [0, 0.1) is 0 Å². The summed E-state index contributed by atoms with van der Waals surface area (Å²) < 4.78 is 5.59. The summed E-state index contributed by atoms with van der Waals surface area (Å²) in [6, 6.07) is 13.6. The standard InChI is InChI=1S/C20H23N3O2/c1-2-25-18-8-4-3-7-17(18)10-11-20(24)23-15-13-22(14-16-23)19-9-5-6-12-21-19/h3-12H,2,13-16H2,1H3/b11-10+. The van der Waals surface area contributed by atoms with Crippen LogP contribution in [0.1, 0.15) is 12.5 Å². The lowest BCUT2D eigenvalue weighted by atomic mass is 10.2. The number of carbonyl (C=O) groups is 1. The molecule has 0 N–H and O–H groups in total. The summed E-state index contributed by atoms with van der Waals surface area (Å²) in [7, 11) is 0. The summed E-state index contributed by atoms with van der Waals surface area (Å²) >= 11 is 0. The predicted molar refractivity (Wildman–Crippen MR) is 99.7 cm³/mol. The van der Waals surface area contributed by atoms with Crippen LogP contribution in [0.3, 0.4) is 0 Å². The quantitative estimate of drug-likeness (QED) is 0.787. The molecule has 1 aromatic carbocycles. The average molecular weight is 337 g/mol. The highest BCUT2D eigenvalue weighted by atomic mass is 16.5. The number of ether oxygens (including phenoxy) is 1. The van der Waals surface area contributed by atoms with E-state index in [1.165, 1.54) is 0 Å². The van der Waals surface area contributed by atoms with Crippen molar-refractivity contribution in [2.75, 3.05) is 37.7 Å². The van der Waals surface area contributed by atoms with Gasteiger partial charge in [0.15, 0.2) is 0 Å². The molecule has 1 saturated heterocycles. The molecule has 0 unspecified atom stereocenters. The zero-order valence-corrected chi connectivity index (χ0v) is 14.5. The number of para-hydroxylation sites is 1. The number of nitrogens with zero attached hydrogens (tertiary/aromatic N) is 3. The van der Waals surface area contributed by atoms with Crippen LogP contribution >= 0.6 is 0 Å². The van der Waals surface area contributed by atoms with Gasteiger partial charge in [-0.3, -0.25) is 4.79 Å². The van der Waals surface area contributed by atoms with Crippen molar-refractivity contribution >= 4 is 17.8 Å². The molecule has 3 rings (SSSR count). The van der Waals surface area contributed by atoms with E-state index in [9.17, 15) is 4.79 Å². The largest absolute Gasteiger partial charge is 0.493 e. The van der Waals surface area contributed by atoms with Crippen LogP contribution in [-0.4, -0.2) is 48.6 Å². The Balaban J connectivity index is 1.58. The molecule has 130 valence electrons. The van der Waals surface area contributed by atoms with E-state index < -0.39 is 0 Å². The summed E-state index contributed by atoms with van der Waals surface area (Å²) in [5, 5.41) is 0. The van der Waals surface area contributed by atoms with Crippen LogP contribution in [0.2, 0.25) is 0 Å². The molecule has 0 saturated carbocycles. The second-order valence-electron chi connectivity index (χ2n) is 5.80. The van der Waals surface area contributed by atoms with Crippen molar-refractivity contribution in [3.63, 3.8) is 0 Å². The molecule has 0 atom stereocenters. The predicted octanol–water partition coefficient (Wildman–Crippen LogP) is 2.84. The van der Waals surface area contributed by atoms with E-state index in [2.05, 4.69) is 9.88 Å². The van der Waals surface area contributed by atoms with Crippen molar-refractivity contribution < 1.29 is 9.53 Å². The number of piperazine rings is 1. The smallest absolute Gasteiger partial charge is 0.246 e. The number of hydrogen-bond donors (Lipinski definition) is 0. The maximum Gasteiger partial charge on any atom is 0.246 e. The van der Waals surface area contributed by atoms with Gasteiger partial charge in [-0.15, -0.1) is 0 Å². The van der Waals surface area contributed by atoms with Gasteiger partial charge in [-0.25, -0.2) is 4.98 Å². The van der Waals surface area contributed by atoms with Crippen LogP contribution in [0.15, 0.2) is 54.7 Å². The summed E-state index contributed by atoms with van der Waals surface area (Å²) in [4.78, 5) is 20.9. The first-order valence-electron chi connectivity index (χ1n) is 8.62. The lowest BCUT2D eigenvalue weighted by Crippen LogP contribution is -2.48. The van der Waals surface area contributed by atoms with E-state index >= 15 is 0 Å². The lowest BCUT2D eigenvalue weighted by Gasteiger charge is -2.34. The van der Waals surface area contributed by atoms with E-state index in [-0.39, 0.29) is 5.91 Å². The highest BCUT2D eigenvalue weighted by Crippen LogP contribution is 2.19. The normalized spacial score (nSPS) is 14.8. The molecule has 1 aliphatic rings. The summed E-state index contributed by atoms with van der Waals surface area (Å²) in [6.07, 6.45) is 5.26. The Labute approximate surface area is 148 Å². The number of pyridine rings is 1. The fourth-order valence-electron chi connectivity index (χ4n) is 2.87. The number of hydrogen-bond acceptors (Lipinski definition) is 4. The maximum absolute atomic E-state index is 12.4. The molecule has 25 heavy (non-hydrogen) atoms. The van der Waals surface area contributed by atoms with Gasteiger partial charge in [0.05, 0.1) is 6.61 Å². The van der Waals surface area contributed by atoms with Crippen molar-refractivity contribution in [1.82, 2.24) is 9.88 Å². The van der Waals surface area contributed by atoms with Gasteiger partial charge in [-0.2, -0.15) is 0 Å². The van der Waals surface area contributed by atoms with Crippen LogP contribution in [0.25, 0.3) is 6.08 Å². The molecule has 1 aliphatic heterocycles. The third kappa shape index (κ3) is 4.38. The third-order valence-electron chi connectivity index (χ3n) is 4.19. The average Bonchev–Trinajstić information content (AvgIpc) is 2.68. The Morgan fingerprint density at radius 1 is 1.12 bits per heavy atom. The zero-order chi connectivity index (χ0) is 17.5. The minimum Gasteiger partial charge on any atom is -0.493 e. The number of benzene rings is 1. The van der Waals surface area contributed by atoms with Crippen LogP contribution in [-0.2, 0) is 4.79 Å². The molecule has 0 radical (unpaired) electrons. The number of carbonyl (C=O) groups excluding carboxylic acids is 1. The van der Waals surface area contributed by atoms with Crippen LogP contribution in [0.5, 0.6) is 5.75 Å². The van der Waals surface area contributed by atoms with Crippen LogP contribution < -0.4 is 9.64 Å². The number of aromatic nitrogens is 1. The van der Waals surface area contributed by atoms with Crippen molar-refractivity contribution in [2.24, 2.45) is 0 Å². The van der Waals surface area contributed by atoms with Crippen molar-refractivity contribution in [1.29, 1.82) is 0 Å². The Kier molecular flexibility index (Phi) is 5.67. The second kappa shape index (κ2) is 8.33. The van der Waals surface area contributed by atoms with E-state index in [1.54, 1.807) is 12.3 Å². The molecule has 2 aromatic rings. The Hall–Kier alpha value is -2.82. The monoisotopic (exact) mass is 337 g/mol. The first-order chi connectivity index (χ1) is 12.3. The minimum atomic E-state index is 0.0342. The zero-order valence-electron chi connectivity index (χ0n) is 14.5. The fraction of sp³-hybridized carbons (Fsp3) is 0.300. The van der Waals surface area contributed by atoms with Gasteiger partial charge < -0.3 is 14.5 Å². The van der Waals surface area contributed by atoms with E-state index in [0.717, 1.165) is 30.2 Å². The molecule has 5 heteroatoms. The topological polar surface area (TPSA) is 45.7 Å². The van der Waals surface area contributed by atoms with Gasteiger partial charge in [0.2, 0.25) is 5.91 Å². The van der Waals surface area contributed by atoms with Crippen LogP contribution in [0.4, 0.5) is 5.82 Å². The third-order valence-corrected chi connectivity index (χ3v) is 4.19. The molecular formula is C20H23N3O2. The van der Waals surface area contributed by atoms with Crippen molar-refractivity contribution in [3.05, 3.63) is 60.3 Å². The maximum atomic E-state index is 12.4. The first-order valence-corrected chi connectivity index (χ1v) is 8.62. The van der Waals surface area contributed by atoms with Gasteiger partial charge in [0.25, 0.3) is 0 Å². The number of amides is 1. The van der Waals surface area contributed by atoms with Gasteiger partial charge in [0, 0.05) is 44.0 Å². The molecule has 5 nitrogen and oxygen atoms in total. The Bertz CT molecular complexity index is 723. The molecule has 2 heterocycles. The Morgan fingerprint density at radius 2 is 1.88 bits per heavy atom. The molecule has 0 spiro atoms. The SMILES string of the molecule is CCOc1ccccc1/C=C/C(=O)N1CCN(c2ccccn2)CC1. The molecule has 1 aromatic heterocycles. The minimum absolute atomic E-state index is 0.0342. The van der Waals surface area contributed by atoms with Crippen molar-refractivity contribution in [2.45, 2.75) is 6.92 Å². The summed E-state index contributed by atoms with van der Waals surface area (Å²) in [5.41, 5.74) is 0.921.